The van der Waals surface area contributed by atoms with E-state index in [2.05, 4.69) is 79.6 Å². The fraction of sp³-hybridized carbons (Fsp3) is 0.769. The lowest BCUT2D eigenvalue weighted by Gasteiger charge is -2.17. The predicted molar refractivity (Wildman–Crippen MR) is 115 cm³/mol. The molecule has 2 unspecified atom stereocenters. The highest BCUT2D eigenvalue weighted by Crippen LogP contribution is 2.06. The SMILES string of the molecule is CC(CBr)Cn1c(=O)n(CC(Br)CBr)c(=O)n(C[C@@H](Br)CBr)c1=O. The number of halogens is 5. The third-order valence-corrected chi connectivity index (χ3v) is 8.87. The molecule has 3 atom stereocenters. The van der Waals surface area contributed by atoms with Crippen LogP contribution in [0.4, 0.5) is 0 Å². The minimum absolute atomic E-state index is 0.0849. The van der Waals surface area contributed by atoms with Gasteiger partial charge in [-0.1, -0.05) is 86.6 Å². The Balaban J connectivity index is 3.55. The second kappa shape index (κ2) is 10.8. The second-order valence-corrected chi connectivity index (χ2v) is 9.97. The molecule has 0 aliphatic rings. The van der Waals surface area contributed by atoms with E-state index in [0.29, 0.717) is 16.0 Å². The van der Waals surface area contributed by atoms with Crippen molar-refractivity contribution in [3.63, 3.8) is 0 Å². The van der Waals surface area contributed by atoms with Crippen LogP contribution in [0.25, 0.3) is 0 Å². The molecule has 0 spiro atoms. The van der Waals surface area contributed by atoms with Gasteiger partial charge >= 0.3 is 17.1 Å². The van der Waals surface area contributed by atoms with Gasteiger partial charge < -0.3 is 0 Å². The molecule has 1 aromatic rings. The summed E-state index contributed by atoms with van der Waals surface area (Å²) >= 11 is 16.8. The van der Waals surface area contributed by atoms with Crippen molar-refractivity contribution < 1.29 is 0 Å². The molecule has 0 fully saturated rings. The minimum atomic E-state index is -0.580. The number of nitrogens with zero attached hydrogens (tertiary/aromatic N) is 3. The van der Waals surface area contributed by atoms with Crippen molar-refractivity contribution in [1.82, 2.24) is 13.7 Å². The first-order chi connectivity index (χ1) is 11.3. The van der Waals surface area contributed by atoms with Crippen LogP contribution in [0.1, 0.15) is 6.92 Å². The van der Waals surface area contributed by atoms with Crippen molar-refractivity contribution in [1.29, 1.82) is 0 Å². The fourth-order valence-corrected chi connectivity index (χ4v) is 3.20. The zero-order chi connectivity index (χ0) is 18.4. The van der Waals surface area contributed by atoms with Gasteiger partial charge in [-0.2, -0.15) is 0 Å². The van der Waals surface area contributed by atoms with Crippen LogP contribution < -0.4 is 17.1 Å². The normalized spacial score (nSPS) is 15.2. The molecule has 138 valence electrons. The summed E-state index contributed by atoms with van der Waals surface area (Å²) in [5, 5.41) is 1.82. The van der Waals surface area contributed by atoms with E-state index >= 15 is 0 Å². The van der Waals surface area contributed by atoms with Crippen molar-refractivity contribution in [3.8, 4) is 0 Å². The maximum absolute atomic E-state index is 12.7. The zero-order valence-corrected chi connectivity index (χ0v) is 20.9. The van der Waals surface area contributed by atoms with Crippen LogP contribution in [0.15, 0.2) is 14.4 Å². The quantitative estimate of drug-likeness (QED) is 0.382. The summed E-state index contributed by atoms with van der Waals surface area (Å²) < 4.78 is 3.39. The highest BCUT2D eigenvalue weighted by molar-refractivity contribution is 9.12. The van der Waals surface area contributed by atoms with Crippen molar-refractivity contribution in [2.24, 2.45) is 5.92 Å². The third kappa shape index (κ3) is 5.92. The van der Waals surface area contributed by atoms with Gasteiger partial charge in [0.05, 0.1) is 0 Å². The highest BCUT2D eigenvalue weighted by Gasteiger charge is 2.20. The molecule has 1 heterocycles. The second-order valence-electron chi connectivity index (χ2n) is 5.44. The Bertz CT molecular complexity index is 589. The predicted octanol–water partition coefficient (Wildman–Crippen LogP) is 2.52. The molecule has 0 saturated carbocycles. The van der Waals surface area contributed by atoms with Crippen LogP contribution in [0.3, 0.4) is 0 Å². The van der Waals surface area contributed by atoms with Gasteiger partial charge in [-0.15, -0.1) is 0 Å². The van der Waals surface area contributed by atoms with E-state index in [1.165, 1.54) is 0 Å². The van der Waals surface area contributed by atoms with Crippen LogP contribution in [-0.2, 0) is 19.6 Å². The van der Waals surface area contributed by atoms with Crippen LogP contribution in [0.5, 0.6) is 0 Å². The molecule has 0 amide bonds. The Morgan fingerprint density at radius 1 is 0.708 bits per heavy atom. The molecule has 1 rings (SSSR count). The van der Waals surface area contributed by atoms with Crippen LogP contribution in [0, 0.1) is 5.92 Å². The van der Waals surface area contributed by atoms with Gasteiger partial charge in [0, 0.05) is 45.3 Å². The van der Waals surface area contributed by atoms with Crippen LogP contribution in [0.2, 0.25) is 0 Å². The van der Waals surface area contributed by atoms with Crippen molar-refractivity contribution in [3.05, 3.63) is 31.5 Å². The summed E-state index contributed by atoms with van der Waals surface area (Å²) in [5.41, 5.74) is -1.71. The van der Waals surface area contributed by atoms with E-state index < -0.39 is 17.1 Å². The molecule has 6 nitrogen and oxygen atoms in total. The number of hydrogen-bond donors (Lipinski definition) is 0. The van der Waals surface area contributed by atoms with E-state index in [1.807, 2.05) is 6.92 Å². The maximum Gasteiger partial charge on any atom is 0.336 e. The molecule has 0 aliphatic heterocycles. The number of rotatable bonds is 9. The van der Waals surface area contributed by atoms with Gasteiger partial charge in [-0.3, -0.25) is 0 Å². The number of hydrogen-bond acceptors (Lipinski definition) is 3. The van der Waals surface area contributed by atoms with Gasteiger partial charge in [0.2, 0.25) is 0 Å². The first-order valence-electron chi connectivity index (χ1n) is 7.17. The third-order valence-electron chi connectivity index (χ3n) is 3.24. The molecule has 0 saturated heterocycles. The largest absolute Gasteiger partial charge is 0.336 e. The van der Waals surface area contributed by atoms with Gasteiger partial charge in [-0.05, 0) is 5.92 Å². The number of aromatic nitrogens is 3. The maximum atomic E-state index is 12.7. The number of alkyl halides is 5. The molecule has 24 heavy (non-hydrogen) atoms. The fourth-order valence-electron chi connectivity index (χ4n) is 2.01. The Morgan fingerprint density at radius 2 is 1.04 bits per heavy atom. The van der Waals surface area contributed by atoms with E-state index in [0.717, 1.165) is 13.7 Å². The van der Waals surface area contributed by atoms with E-state index in [1.54, 1.807) is 0 Å². The van der Waals surface area contributed by atoms with Gasteiger partial charge in [0.25, 0.3) is 0 Å². The first-order valence-corrected chi connectivity index (χ1v) is 12.4. The molecule has 0 N–H and O–H groups in total. The Kier molecular flexibility index (Phi) is 10.3. The van der Waals surface area contributed by atoms with Crippen LogP contribution >= 0.6 is 79.6 Å². The average molecular weight is 664 g/mol. The van der Waals surface area contributed by atoms with Gasteiger partial charge in [0.1, 0.15) is 0 Å². The Morgan fingerprint density at radius 3 is 1.33 bits per heavy atom. The molecule has 0 aromatic carbocycles. The molecule has 1 aromatic heterocycles. The van der Waals surface area contributed by atoms with Crippen LogP contribution in [-0.4, -0.2) is 39.3 Å². The molecule has 11 heteroatoms. The summed E-state index contributed by atoms with van der Waals surface area (Å²) in [5.74, 6) is 0.0849. The van der Waals surface area contributed by atoms with E-state index in [4.69, 9.17) is 0 Å². The van der Waals surface area contributed by atoms with Gasteiger partial charge in [0.15, 0.2) is 0 Å². The standard InChI is InChI=1S/C13H18Br5N3O3/c1-8(2-14)5-19-11(22)20(6-9(17)3-15)13(24)21(12(19)23)7-10(18)4-16/h8-10H,2-7H2,1H3/t8?,9-,10?/m0/s1. The van der Waals surface area contributed by atoms with Crippen molar-refractivity contribution in [2.75, 3.05) is 16.0 Å². The molecular weight excluding hydrogens is 646 g/mol. The summed E-state index contributed by atoms with van der Waals surface area (Å²) in [6, 6.07) is 0. The Labute approximate surface area is 181 Å². The monoisotopic (exact) mass is 659 g/mol. The van der Waals surface area contributed by atoms with E-state index in [-0.39, 0.29) is 35.2 Å². The summed E-state index contributed by atoms with van der Waals surface area (Å²) in [7, 11) is 0. The molecule has 0 aliphatic carbocycles. The smallest absolute Gasteiger partial charge is 0.247 e. The lowest BCUT2D eigenvalue weighted by molar-refractivity contribution is 0.413. The summed E-state index contributed by atoms with van der Waals surface area (Å²) in [6.07, 6.45) is 0. The topological polar surface area (TPSA) is 66.0 Å². The van der Waals surface area contributed by atoms with E-state index in [9.17, 15) is 14.4 Å². The molecule has 0 radical (unpaired) electrons. The average Bonchev–Trinajstić information content (AvgIpc) is 2.58. The summed E-state index contributed by atoms with van der Waals surface area (Å²) in [6.45, 7) is 2.56. The molecular formula is C13H18Br5N3O3. The lowest BCUT2D eigenvalue weighted by Crippen LogP contribution is -2.56. The zero-order valence-electron chi connectivity index (χ0n) is 12.9. The lowest BCUT2D eigenvalue weighted by atomic mass is 10.2. The minimum Gasteiger partial charge on any atom is -0.247 e. The van der Waals surface area contributed by atoms with Gasteiger partial charge in [-0.25, -0.2) is 28.1 Å². The Hall–Kier alpha value is 0.810. The van der Waals surface area contributed by atoms with Crippen molar-refractivity contribution in [2.45, 2.75) is 36.2 Å². The summed E-state index contributed by atoms with van der Waals surface area (Å²) in [4.78, 5) is 37.8. The van der Waals surface area contributed by atoms with Crippen molar-refractivity contribution >= 4 is 79.6 Å². The first kappa shape index (κ1) is 22.9. The molecule has 0 bridgehead atoms. The highest BCUT2D eigenvalue weighted by atomic mass is 79.9.